The molecule has 1 aliphatic heterocycles. The average Bonchev–Trinajstić information content (AvgIpc) is 2.43. The van der Waals surface area contributed by atoms with Crippen molar-refractivity contribution in [1.82, 2.24) is 9.80 Å². The Morgan fingerprint density at radius 2 is 2.00 bits per heavy atom. The monoisotopic (exact) mass is 282 g/mol. The van der Waals surface area contributed by atoms with Gasteiger partial charge in [0.15, 0.2) is 0 Å². The smallest absolute Gasteiger partial charge is 0.148 e. The summed E-state index contributed by atoms with van der Waals surface area (Å²) in [7, 11) is 3.66. The molecule has 1 saturated heterocycles. The Kier molecular flexibility index (Phi) is 5.03. The van der Waals surface area contributed by atoms with Gasteiger partial charge >= 0.3 is 0 Å². The summed E-state index contributed by atoms with van der Waals surface area (Å²) in [4.78, 5) is 4.69. The summed E-state index contributed by atoms with van der Waals surface area (Å²) in [6.45, 7) is 5.90. The second-order valence-corrected chi connectivity index (χ2v) is 5.15. The van der Waals surface area contributed by atoms with Crippen molar-refractivity contribution in [1.29, 1.82) is 0 Å². The highest BCUT2D eigenvalue weighted by Crippen LogP contribution is 2.28. The molecule has 0 aliphatic carbocycles. The maximum absolute atomic E-state index is 13.8. The number of hydrogen-bond acceptors (Lipinski definition) is 5. The van der Waals surface area contributed by atoms with Gasteiger partial charge in [0.05, 0.1) is 18.5 Å². The largest absolute Gasteiger partial charge is 0.495 e. The van der Waals surface area contributed by atoms with Crippen LogP contribution in [-0.4, -0.2) is 63.2 Å². The molecule has 0 unspecified atom stereocenters. The van der Waals surface area contributed by atoms with Crippen LogP contribution in [0.25, 0.3) is 0 Å². The number of anilines is 2. The topological polar surface area (TPSA) is 53.8 Å². The van der Waals surface area contributed by atoms with Crippen LogP contribution in [0.2, 0.25) is 0 Å². The van der Waals surface area contributed by atoms with E-state index in [2.05, 4.69) is 22.2 Å². The molecule has 112 valence electrons. The molecule has 1 aromatic carbocycles. The van der Waals surface area contributed by atoms with Gasteiger partial charge in [-0.15, -0.1) is 0 Å². The minimum Gasteiger partial charge on any atom is -0.495 e. The lowest BCUT2D eigenvalue weighted by molar-refractivity contribution is 0.158. The first-order valence-electron chi connectivity index (χ1n) is 6.88. The fourth-order valence-electron chi connectivity index (χ4n) is 2.30. The zero-order chi connectivity index (χ0) is 14.5. The van der Waals surface area contributed by atoms with Crippen molar-refractivity contribution in [2.75, 3.05) is 64.5 Å². The van der Waals surface area contributed by atoms with Crippen LogP contribution in [-0.2, 0) is 0 Å². The zero-order valence-electron chi connectivity index (χ0n) is 12.2. The molecule has 0 spiro atoms. The van der Waals surface area contributed by atoms with Gasteiger partial charge in [-0.25, -0.2) is 4.39 Å². The summed E-state index contributed by atoms with van der Waals surface area (Å²) in [6, 6.07) is 2.89. The van der Waals surface area contributed by atoms with Crippen LogP contribution < -0.4 is 15.8 Å². The Labute approximate surface area is 119 Å². The normalized spacial score (nSPS) is 17.1. The number of likely N-dealkylation sites (N-methyl/N-ethyl adjacent to an activating group) is 1. The van der Waals surface area contributed by atoms with Gasteiger partial charge in [0.1, 0.15) is 11.6 Å². The average molecular weight is 282 g/mol. The van der Waals surface area contributed by atoms with Gasteiger partial charge in [0.25, 0.3) is 0 Å². The predicted octanol–water partition coefficient (Wildman–Crippen LogP) is 1.08. The number of methoxy groups -OCH3 is 1. The molecular formula is C14H23FN4O. The van der Waals surface area contributed by atoms with Crippen LogP contribution in [0.3, 0.4) is 0 Å². The summed E-state index contributed by atoms with van der Waals surface area (Å²) in [5, 5.41) is 3.11. The third kappa shape index (κ3) is 3.74. The van der Waals surface area contributed by atoms with Gasteiger partial charge in [-0.1, -0.05) is 0 Å². The van der Waals surface area contributed by atoms with E-state index in [1.165, 1.54) is 13.2 Å². The van der Waals surface area contributed by atoms with Crippen molar-refractivity contribution in [3.05, 3.63) is 17.9 Å². The first-order chi connectivity index (χ1) is 9.60. The van der Waals surface area contributed by atoms with Crippen molar-refractivity contribution in [2.45, 2.75) is 0 Å². The van der Waals surface area contributed by atoms with Crippen LogP contribution in [0.1, 0.15) is 0 Å². The fourth-order valence-corrected chi connectivity index (χ4v) is 2.30. The molecule has 1 heterocycles. The van der Waals surface area contributed by atoms with E-state index in [0.29, 0.717) is 23.7 Å². The van der Waals surface area contributed by atoms with Crippen molar-refractivity contribution in [3.63, 3.8) is 0 Å². The van der Waals surface area contributed by atoms with Crippen LogP contribution in [0.15, 0.2) is 12.1 Å². The summed E-state index contributed by atoms with van der Waals surface area (Å²) < 4.78 is 18.9. The second-order valence-electron chi connectivity index (χ2n) is 5.15. The van der Waals surface area contributed by atoms with Crippen LogP contribution in [0, 0.1) is 5.82 Å². The third-order valence-corrected chi connectivity index (χ3v) is 3.66. The fraction of sp³-hybridized carbons (Fsp3) is 0.571. The van der Waals surface area contributed by atoms with Gasteiger partial charge in [-0.05, 0) is 7.05 Å². The SMILES string of the molecule is COc1cc(NCCN2CCN(C)CC2)c(F)cc1N. The second kappa shape index (κ2) is 6.76. The maximum atomic E-state index is 13.8. The molecule has 20 heavy (non-hydrogen) atoms. The Hall–Kier alpha value is -1.53. The number of piperazine rings is 1. The molecule has 1 aromatic rings. The Morgan fingerprint density at radius 1 is 1.30 bits per heavy atom. The first-order valence-corrected chi connectivity index (χ1v) is 6.88. The van der Waals surface area contributed by atoms with Crippen LogP contribution >= 0.6 is 0 Å². The van der Waals surface area contributed by atoms with Gasteiger partial charge in [0, 0.05) is 51.4 Å². The number of benzene rings is 1. The molecule has 1 aliphatic rings. The number of nitrogens with two attached hydrogens (primary N) is 1. The summed E-state index contributed by atoms with van der Waals surface area (Å²) in [5.74, 6) is 0.148. The van der Waals surface area contributed by atoms with Crippen molar-refractivity contribution in [2.24, 2.45) is 0 Å². The van der Waals surface area contributed by atoms with E-state index in [0.717, 1.165) is 32.7 Å². The van der Waals surface area contributed by atoms with E-state index >= 15 is 0 Å². The van der Waals surface area contributed by atoms with E-state index in [1.54, 1.807) is 6.07 Å². The third-order valence-electron chi connectivity index (χ3n) is 3.66. The summed E-state index contributed by atoms with van der Waals surface area (Å²) in [6.07, 6.45) is 0. The van der Waals surface area contributed by atoms with Crippen LogP contribution in [0.5, 0.6) is 5.75 Å². The molecular weight excluding hydrogens is 259 g/mol. The molecule has 0 bridgehead atoms. The Morgan fingerprint density at radius 3 is 2.65 bits per heavy atom. The lowest BCUT2D eigenvalue weighted by Gasteiger charge is -2.32. The lowest BCUT2D eigenvalue weighted by Crippen LogP contribution is -2.45. The number of nitrogen functional groups attached to an aromatic ring is 1. The van der Waals surface area contributed by atoms with E-state index in [-0.39, 0.29) is 5.82 Å². The number of ether oxygens (including phenoxy) is 1. The molecule has 2 rings (SSSR count). The minimum atomic E-state index is -0.346. The quantitative estimate of drug-likeness (QED) is 0.791. The van der Waals surface area contributed by atoms with E-state index in [1.807, 2.05) is 0 Å². The molecule has 0 radical (unpaired) electrons. The highest BCUT2D eigenvalue weighted by atomic mass is 19.1. The number of nitrogens with one attached hydrogen (secondary N) is 1. The summed E-state index contributed by atoms with van der Waals surface area (Å²) >= 11 is 0. The molecule has 5 nitrogen and oxygen atoms in total. The molecule has 3 N–H and O–H groups in total. The molecule has 1 fully saturated rings. The number of rotatable bonds is 5. The maximum Gasteiger partial charge on any atom is 0.148 e. The van der Waals surface area contributed by atoms with E-state index in [9.17, 15) is 4.39 Å². The number of hydrogen-bond donors (Lipinski definition) is 2. The van der Waals surface area contributed by atoms with Gasteiger partial charge in [-0.2, -0.15) is 0 Å². The highest BCUT2D eigenvalue weighted by Gasteiger charge is 2.13. The predicted molar refractivity (Wildman–Crippen MR) is 79.8 cm³/mol. The summed E-state index contributed by atoms with van der Waals surface area (Å²) in [5.41, 5.74) is 6.40. The zero-order valence-corrected chi connectivity index (χ0v) is 12.2. The molecule has 6 heteroatoms. The van der Waals surface area contributed by atoms with E-state index in [4.69, 9.17) is 10.5 Å². The van der Waals surface area contributed by atoms with Gasteiger partial charge in [0.2, 0.25) is 0 Å². The molecule has 0 aromatic heterocycles. The lowest BCUT2D eigenvalue weighted by atomic mass is 10.2. The molecule has 0 saturated carbocycles. The van der Waals surface area contributed by atoms with Crippen molar-refractivity contribution < 1.29 is 9.13 Å². The standard InChI is InChI=1S/C14H23FN4O/c1-18-5-7-19(8-6-18)4-3-17-13-10-14(20-2)12(16)9-11(13)15/h9-10,17H,3-8,16H2,1-2H3. The van der Waals surface area contributed by atoms with Crippen molar-refractivity contribution >= 4 is 11.4 Å². The highest BCUT2D eigenvalue weighted by molar-refractivity contribution is 5.62. The molecule has 0 amide bonds. The Bertz CT molecular complexity index is 447. The molecule has 0 atom stereocenters. The first kappa shape index (κ1) is 14.9. The number of nitrogens with zero attached hydrogens (tertiary/aromatic N) is 2. The Balaban J connectivity index is 1.85. The van der Waals surface area contributed by atoms with Gasteiger partial charge < -0.3 is 20.7 Å². The number of halogens is 1. The minimum absolute atomic E-state index is 0.314. The van der Waals surface area contributed by atoms with Gasteiger partial charge in [-0.3, -0.25) is 4.90 Å². The van der Waals surface area contributed by atoms with Crippen molar-refractivity contribution in [3.8, 4) is 5.75 Å². The van der Waals surface area contributed by atoms with Crippen LogP contribution in [0.4, 0.5) is 15.8 Å². The van der Waals surface area contributed by atoms with E-state index < -0.39 is 0 Å².